The molecule has 1 fully saturated rings. The van der Waals surface area contributed by atoms with Crippen LogP contribution in [0.2, 0.25) is 0 Å². The van der Waals surface area contributed by atoms with Crippen molar-refractivity contribution in [3.63, 3.8) is 0 Å². The first-order valence-corrected chi connectivity index (χ1v) is 5.16. The maximum Gasteiger partial charge on any atom is 0.127 e. The molecule has 1 aliphatic rings. The number of likely N-dealkylation sites (tertiary alicyclic amines) is 1. The van der Waals surface area contributed by atoms with Crippen LogP contribution < -0.4 is 4.74 Å². The molecule has 14 heavy (non-hydrogen) atoms. The van der Waals surface area contributed by atoms with Crippen LogP contribution in [-0.2, 0) is 0 Å². The molecule has 0 spiro atoms. The van der Waals surface area contributed by atoms with Gasteiger partial charge in [0.05, 0.1) is 0 Å². The summed E-state index contributed by atoms with van der Waals surface area (Å²) in [5, 5.41) is 0. The lowest BCUT2D eigenvalue weighted by atomic mass is 10.1. The fourth-order valence-electron chi connectivity index (χ4n) is 1.73. The Balaban J connectivity index is 1.87. The summed E-state index contributed by atoms with van der Waals surface area (Å²) in [6.45, 7) is 2.27. The Labute approximate surface area is 85.5 Å². The van der Waals surface area contributed by atoms with Crippen LogP contribution in [0.5, 0.6) is 5.75 Å². The van der Waals surface area contributed by atoms with Crippen LogP contribution in [0.1, 0.15) is 12.8 Å². The molecule has 0 atom stereocenters. The maximum atomic E-state index is 5.82. The van der Waals surface area contributed by atoms with Crippen molar-refractivity contribution < 1.29 is 4.74 Å². The molecule has 0 bridgehead atoms. The Hall–Kier alpha value is -1.02. The number of hydrogen-bond donors (Lipinski definition) is 0. The number of piperidine rings is 1. The molecule has 1 aromatic carbocycles. The molecule has 2 nitrogen and oxygen atoms in total. The average molecular weight is 190 g/mol. The smallest absolute Gasteiger partial charge is 0.127 e. The predicted octanol–water partition coefficient (Wildman–Crippen LogP) is 1.96. The molecular weight excluding hydrogens is 174 g/mol. The molecule has 1 saturated heterocycles. The van der Waals surface area contributed by atoms with Crippen molar-refractivity contribution in [1.29, 1.82) is 0 Å². The van der Waals surface area contributed by atoms with Crippen molar-refractivity contribution in [1.82, 2.24) is 4.90 Å². The summed E-state index contributed by atoms with van der Waals surface area (Å²) in [6, 6.07) is 10.9. The van der Waals surface area contributed by atoms with E-state index >= 15 is 0 Å². The monoisotopic (exact) mass is 190 g/mol. The van der Waals surface area contributed by atoms with Crippen LogP contribution in [0.3, 0.4) is 0 Å². The van der Waals surface area contributed by atoms with Gasteiger partial charge in [0.15, 0.2) is 0 Å². The SMILES string of the molecule is CN1CCC(Oc2[c]cccc2)CC1. The van der Waals surface area contributed by atoms with Gasteiger partial charge in [-0.05, 0) is 26.0 Å². The second-order valence-electron chi connectivity index (χ2n) is 3.85. The second-order valence-corrected chi connectivity index (χ2v) is 3.85. The molecule has 0 aliphatic carbocycles. The van der Waals surface area contributed by atoms with Gasteiger partial charge in [0.25, 0.3) is 0 Å². The zero-order valence-corrected chi connectivity index (χ0v) is 8.57. The van der Waals surface area contributed by atoms with E-state index in [1.807, 2.05) is 24.3 Å². The fraction of sp³-hybridized carbons (Fsp3) is 0.500. The molecule has 0 unspecified atom stereocenters. The Morgan fingerprint density at radius 2 is 2.14 bits per heavy atom. The van der Waals surface area contributed by atoms with E-state index in [-0.39, 0.29) is 0 Å². The van der Waals surface area contributed by atoms with Gasteiger partial charge in [-0.15, -0.1) is 0 Å². The largest absolute Gasteiger partial charge is 0.490 e. The topological polar surface area (TPSA) is 12.5 Å². The minimum Gasteiger partial charge on any atom is -0.490 e. The van der Waals surface area contributed by atoms with E-state index in [1.54, 1.807) is 0 Å². The van der Waals surface area contributed by atoms with Crippen LogP contribution in [0, 0.1) is 6.07 Å². The van der Waals surface area contributed by atoms with Crippen molar-refractivity contribution in [3.05, 3.63) is 30.3 Å². The number of rotatable bonds is 2. The number of para-hydroxylation sites is 1. The van der Waals surface area contributed by atoms with Gasteiger partial charge in [-0.1, -0.05) is 18.2 Å². The van der Waals surface area contributed by atoms with E-state index in [0.717, 1.165) is 31.7 Å². The Morgan fingerprint density at radius 3 is 2.79 bits per heavy atom. The first-order valence-electron chi connectivity index (χ1n) is 5.16. The van der Waals surface area contributed by atoms with Gasteiger partial charge < -0.3 is 9.64 Å². The highest BCUT2D eigenvalue weighted by Gasteiger charge is 2.17. The average Bonchev–Trinajstić information content (AvgIpc) is 2.23. The molecular formula is C12H16NO. The Kier molecular flexibility index (Phi) is 3.04. The zero-order valence-electron chi connectivity index (χ0n) is 8.57. The third-order valence-corrected chi connectivity index (χ3v) is 2.64. The number of ether oxygens (including phenoxy) is 1. The van der Waals surface area contributed by atoms with Crippen molar-refractivity contribution in [2.45, 2.75) is 18.9 Å². The summed E-state index contributed by atoms with van der Waals surface area (Å²) >= 11 is 0. The first-order chi connectivity index (χ1) is 6.84. The summed E-state index contributed by atoms with van der Waals surface area (Å²) in [6.07, 6.45) is 2.63. The fourth-order valence-corrected chi connectivity index (χ4v) is 1.73. The normalized spacial score (nSPS) is 19.5. The lowest BCUT2D eigenvalue weighted by molar-refractivity contribution is 0.114. The van der Waals surface area contributed by atoms with Crippen LogP contribution in [0.15, 0.2) is 24.3 Å². The molecule has 1 aromatic rings. The zero-order chi connectivity index (χ0) is 9.80. The van der Waals surface area contributed by atoms with Gasteiger partial charge in [-0.25, -0.2) is 0 Å². The molecule has 0 N–H and O–H groups in total. The molecule has 2 rings (SSSR count). The highest BCUT2D eigenvalue weighted by atomic mass is 16.5. The van der Waals surface area contributed by atoms with Gasteiger partial charge >= 0.3 is 0 Å². The minimum absolute atomic E-state index is 0.379. The van der Waals surface area contributed by atoms with E-state index in [9.17, 15) is 0 Å². The first kappa shape index (κ1) is 9.53. The number of hydrogen-bond acceptors (Lipinski definition) is 2. The maximum absolute atomic E-state index is 5.82. The molecule has 2 heteroatoms. The van der Waals surface area contributed by atoms with Crippen molar-refractivity contribution >= 4 is 0 Å². The second kappa shape index (κ2) is 4.47. The lowest BCUT2D eigenvalue weighted by Gasteiger charge is -2.29. The van der Waals surface area contributed by atoms with Crippen molar-refractivity contribution in [2.24, 2.45) is 0 Å². The van der Waals surface area contributed by atoms with Crippen LogP contribution in [0.4, 0.5) is 0 Å². The van der Waals surface area contributed by atoms with Gasteiger partial charge in [0.1, 0.15) is 11.9 Å². The molecule has 0 saturated carbocycles. The molecule has 0 amide bonds. The predicted molar refractivity (Wildman–Crippen MR) is 56.4 cm³/mol. The van der Waals surface area contributed by atoms with Crippen LogP contribution in [0.25, 0.3) is 0 Å². The van der Waals surface area contributed by atoms with Gasteiger partial charge in [0.2, 0.25) is 0 Å². The molecule has 0 aromatic heterocycles. The van der Waals surface area contributed by atoms with E-state index in [4.69, 9.17) is 4.74 Å². The van der Waals surface area contributed by atoms with Gasteiger partial charge in [0, 0.05) is 19.2 Å². The van der Waals surface area contributed by atoms with Crippen molar-refractivity contribution in [3.8, 4) is 5.75 Å². The van der Waals surface area contributed by atoms with E-state index < -0.39 is 0 Å². The number of benzene rings is 1. The Morgan fingerprint density at radius 1 is 1.36 bits per heavy atom. The third-order valence-electron chi connectivity index (χ3n) is 2.64. The van der Waals surface area contributed by atoms with Gasteiger partial charge in [-0.2, -0.15) is 0 Å². The minimum atomic E-state index is 0.379. The third kappa shape index (κ3) is 2.48. The Bertz CT molecular complexity index is 265. The lowest BCUT2D eigenvalue weighted by Crippen LogP contribution is -2.35. The highest BCUT2D eigenvalue weighted by molar-refractivity contribution is 5.19. The van der Waals surface area contributed by atoms with Crippen molar-refractivity contribution in [2.75, 3.05) is 20.1 Å². The molecule has 1 heterocycles. The van der Waals surface area contributed by atoms with Gasteiger partial charge in [-0.3, -0.25) is 0 Å². The molecule has 1 aliphatic heterocycles. The summed E-state index contributed by atoms with van der Waals surface area (Å²) in [5.41, 5.74) is 0. The molecule has 1 radical (unpaired) electrons. The summed E-state index contributed by atoms with van der Waals surface area (Å²) < 4.78 is 5.82. The quantitative estimate of drug-likeness (QED) is 0.707. The summed E-state index contributed by atoms with van der Waals surface area (Å²) in [7, 11) is 2.16. The summed E-state index contributed by atoms with van der Waals surface area (Å²) in [4.78, 5) is 2.34. The van der Waals surface area contributed by atoms with E-state index in [1.165, 1.54) is 0 Å². The van der Waals surface area contributed by atoms with E-state index in [2.05, 4.69) is 18.0 Å². The van der Waals surface area contributed by atoms with E-state index in [0.29, 0.717) is 6.10 Å². The summed E-state index contributed by atoms with van der Waals surface area (Å²) in [5.74, 6) is 0.877. The number of nitrogens with zero attached hydrogens (tertiary/aromatic N) is 1. The molecule has 75 valence electrons. The van der Waals surface area contributed by atoms with Crippen LogP contribution in [-0.4, -0.2) is 31.1 Å². The van der Waals surface area contributed by atoms with Crippen LogP contribution >= 0.6 is 0 Å². The highest BCUT2D eigenvalue weighted by Crippen LogP contribution is 2.17. The standard InChI is InChI=1S/C12H16NO/c1-13-9-7-12(8-10-13)14-11-5-3-2-4-6-11/h2-5,12H,7-10H2,1H3.